The van der Waals surface area contributed by atoms with Crippen molar-refractivity contribution in [3.63, 3.8) is 0 Å². The van der Waals surface area contributed by atoms with Crippen molar-refractivity contribution in [1.29, 1.82) is 0 Å². The molecule has 2 saturated carbocycles. The average molecular weight is 340 g/mol. The molecule has 0 unspecified atom stereocenters. The quantitative estimate of drug-likeness (QED) is 0.833. The lowest BCUT2D eigenvalue weighted by Crippen LogP contribution is -2.47. The molecule has 1 aromatic heterocycles. The summed E-state index contributed by atoms with van der Waals surface area (Å²) in [4.78, 5) is 16.3. The van der Waals surface area contributed by atoms with E-state index in [9.17, 15) is 13.2 Å². The van der Waals surface area contributed by atoms with Crippen molar-refractivity contribution in [2.75, 3.05) is 5.75 Å². The van der Waals surface area contributed by atoms with Gasteiger partial charge in [0.15, 0.2) is 0 Å². The van der Waals surface area contributed by atoms with Gasteiger partial charge < -0.3 is 0 Å². The molecule has 1 aromatic rings. The summed E-state index contributed by atoms with van der Waals surface area (Å²) < 4.78 is 29.5. The first kappa shape index (κ1) is 16.6. The van der Waals surface area contributed by atoms with Crippen molar-refractivity contribution < 1.29 is 13.2 Å². The zero-order valence-electron chi connectivity index (χ0n) is 13.8. The van der Waals surface area contributed by atoms with E-state index < -0.39 is 15.4 Å². The third-order valence-corrected chi connectivity index (χ3v) is 7.52. The lowest BCUT2D eigenvalue weighted by molar-refractivity contribution is -0.128. The summed E-state index contributed by atoms with van der Waals surface area (Å²) in [7, 11) is -3.55. The first-order valence-corrected chi connectivity index (χ1v) is 9.67. The van der Waals surface area contributed by atoms with Crippen LogP contribution in [-0.2, 0) is 21.4 Å². The Labute approximate surface area is 136 Å². The van der Waals surface area contributed by atoms with E-state index in [1.54, 1.807) is 17.9 Å². The maximum Gasteiger partial charge on any atom is 0.212 e. The number of carbonyl (C=O) groups is 1. The molecule has 0 aliphatic heterocycles. The highest BCUT2D eigenvalue weighted by Gasteiger charge is 2.65. The molecule has 0 spiro atoms. The van der Waals surface area contributed by atoms with Crippen molar-refractivity contribution in [3.8, 4) is 0 Å². The van der Waals surface area contributed by atoms with Crippen LogP contribution in [0.15, 0.2) is 12.7 Å². The van der Waals surface area contributed by atoms with Crippen LogP contribution in [0.1, 0.15) is 40.0 Å². The van der Waals surface area contributed by atoms with E-state index in [0.717, 1.165) is 6.42 Å². The van der Waals surface area contributed by atoms with Crippen LogP contribution in [0.3, 0.4) is 0 Å². The molecule has 8 heteroatoms. The fourth-order valence-corrected chi connectivity index (χ4v) is 6.52. The van der Waals surface area contributed by atoms with Gasteiger partial charge in [-0.1, -0.05) is 13.8 Å². The molecule has 0 radical (unpaired) electrons. The summed E-state index contributed by atoms with van der Waals surface area (Å²) in [5.41, 5.74) is -0.968. The molecule has 3 rings (SSSR count). The molecule has 128 valence electrons. The topological polar surface area (TPSA) is 93.9 Å². The van der Waals surface area contributed by atoms with Crippen LogP contribution in [0.5, 0.6) is 0 Å². The summed E-state index contributed by atoms with van der Waals surface area (Å²) in [5, 5.41) is 3.98. The van der Waals surface area contributed by atoms with E-state index in [4.69, 9.17) is 0 Å². The smallest absolute Gasteiger partial charge is 0.212 e. The molecule has 0 aromatic carbocycles. The third-order valence-electron chi connectivity index (χ3n) is 5.88. The molecule has 3 atom stereocenters. The van der Waals surface area contributed by atoms with Crippen LogP contribution in [0.25, 0.3) is 0 Å². The second-order valence-electron chi connectivity index (χ2n) is 7.56. The van der Waals surface area contributed by atoms with E-state index in [1.165, 1.54) is 6.33 Å². The largest absolute Gasteiger partial charge is 0.299 e. The Kier molecular flexibility index (Phi) is 3.87. The van der Waals surface area contributed by atoms with Gasteiger partial charge in [-0.25, -0.2) is 18.1 Å². The van der Waals surface area contributed by atoms with Crippen LogP contribution in [-0.4, -0.2) is 40.8 Å². The van der Waals surface area contributed by atoms with Gasteiger partial charge in [0.1, 0.15) is 18.4 Å². The van der Waals surface area contributed by atoms with Gasteiger partial charge >= 0.3 is 0 Å². The maximum absolute atomic E-state index is 12.6. The molecule has 23 heavy (non-hydrogen) atoms. The molecule has 0 saturated heterocycles. The Morgan fingerprint density at radius 3 is 2.74 bits per heavy atom. The van der Waals surface area contributed by atoms with Gasteiger partial charge in [0, 0.05) is 17.9 Å². The number of Topliss-reactive ketones (excluding diaryl/α,β-unsaturated/α-hetero) is 1. The first-order valence-electron chi connectivity index (χ1n) is 8.02. The minimum atomic E-state index is -3.55. The molecule has 7 nitrogen and oxygen atoms in total. The lowest BCUT2D eigenvalue weighted by atomic mass is 9.70. The molecule has 2 fully saturated rings. The molecule has 2 aliphatic carbocycles. The zero-order chi connectivity index (χ0) is 16.9. The maximum atomic E-state index is 12.6. The molecule has 1 heterocycles. The summed E-state index contributed by atoms with van der Waals surface area (Å²) >= 11 is 0. The average Bonchev–Trinajstić information content (AvgIpc) is 3.03. The molecular weight excluding hydrogens is 316 g/mol. The number of aromatic nitrogens is 3. The fourth-order valence-electron chi connectivity index (χ4n) is 4.43. The number of fused-ring (bicyclic) bond motifs is 2. The Hall–Kier alpha value is -1.28. The van der Waals surface area contributed by atoms with Crippen LogP contribution < -0.4 is 4.72 Å². The molecule has 2 aliphatic rings. The Morgan fingerprint density at radius 2 is 2.22 bits per heavy atom. The zero-order valence-corrected chi connectivity index (χ0v) is 14.6. The van der Waals surface area contributed by atoms with Crippen molar-refractivity contribution in [1.82, 2.24) is 19.5 Å². The van der Waals surface area contributed by atoms with E-state index in [2.05, 4.69) is 14.8 Å². The van der Waals surface area contributed by atoms with E-state index in [1.807, 2.05) is 13.8 Å². The highest BCUT2D eigenvalue weighted by Crippen LogP contribution is 2.64. The highest BCUT2D eigenvalue weighted by molar-refractivity contribution is 7.89. The minimum Gasteiger partial charge on any atom is -0.299 e. The SMILES string of the molecule is C[C@@H](Cn1cncn1)NS(=O)(=O)C[C@@]12CC[C@@H](CC1=O)C2(C)C. The Balaban J connectivity index is 1.72. The van der Waals surface area contributed by atoms with Gasteiger partial charge in [0.25, 0.3) is 0 Å². The van der Waals surface area contributed by atoms with Gasteiger partial charge in [-0.2, -0.15) is 5.10 Å². The van der Waals surface area contributed by atoms with E-state index in [0.29, 0.717) is 25.3 Å². The van der Waals surface area contributed by atoms with Crippen molar-refractivity contribution in [3.05, 3.63) is 12.7 Å². The number of nitrogens with one attached hydrogen (secondary N) is 1. The Bertz CT molecular complexity index is 698. The second kappa shape index (κ2) is 5.37. The van der Waals surface area contributed by atoms with E-state index in [-0.39, 0.29) is 23.0 Å². The molecule has 1 N–H and O–H groups in total. The van der Waals surface area contributed by atoms with Crippen LogP contribution in [0.2, 0.25) is 0 Å². The summed E-state index contributed by atoms with van der Waals surface area (Å²) in [6.07, 6.45) is 5.12. The monoisotopic (exact) mass is 340 g/mol. The van der Waals surface area contributed by atoms with E-state index >= 15 is 0 Å². The number of hydrogen-bond donors (Lipinski definition) is 1. The fraction of sp³-hybridized carbons (Fsp3) is 0.800. The second-order valence-corrected chi connectivity index (χ2v) is 9.32. The van der Waals surface area contributed by atoms with Crippen LogP contribution in [0.4, 0.5) is 0 Å². The predicted octanol–water partition coefficient (Wildman–Crippen LogP) is 0.981. The predicted molar refractivity (Wildman–Crippen MR) is 85.0 cm³/mol. The third kappa shape index (κ3) is 2.71. The van der Waals surface area contributed by atoms with Gasteiger partial charge in [0.05, 0.1) is 12.3 Å². The number of rotatable bonds is 6. The lowest BCUT2D eigenvalue weighted by Gasteiger charge is -2.36. The minimum absolute atomic E-state index is 0.107. The number of nitrogens with zero attached hydrogens (tertiary/aromatic N) is 3. The van der Waals surface area contributed by atoms with Gasteiger partial charge in [0.2, 0.25) is 10.0 Å². The van der Waals surface area contributed by atoms with Crippen molar-refractivity contribution in [2.45, 2.75) is 52.6 Å². The number of carbonyl (C=O) groups excluding carboxylic acids is 1. The standard InChI is InChI=1S/C15H24N4O3S/c1-11(7-19-10-16-9-17-19)18-23(21,22)8-15-5-4-12(6-13(15)20)14(15,2)3/h9-12,18H,4-8H2,1-3H3/t11-,12-,15-/m0/s1. The number of hydrogen-bond acceptors (Lipinski definition) is 5. The van der Waals surface area contributed by atoms with Gasteiger partial charge in [-0.3, -0.25) is 9.48 Å². The number of sulfonamides is 1. The van der Waals surface area contributed by atoms with Gasteiger partial charge in [-0.15, -0.1) is 0 Å². The molecule has 2 bridgehead atoms. The van der Waals surface area contributed by atoms with Crippen molar-refractivity contribution >= 4 is 15.8 Å². The van der Waals surface area contributed by atoms with Crippen LogP contribution >= 0.6 is 0 Å². The van der Waals surface area contributed by atoms with Crippen LogP contribution in [0, 0.1) is 16.7 Å². The highest BCUT2D eigenvalue weighted by atomic mass is 32.2. The van der Waals surface area contributed by atoms with Crippen molar-refractivity contribution in [2.24, 2.45) is 16.7 Å². The summed E-state index contributed by atoms with van der Waals surface area (Å²) in [5.74, 6) is 0.329. The summed E-state index contributed by atoms with van der Waals surface area (Å²) in [6, 6.07) is -0.310. The normalized spacial score (nSPS) is 30.7. The number of ketones is 1. The summed E-state index contributed by atoms with van der Waals surface area (Å²) in [6.45, 7) is 6.29. The molecular formula is C15H24N4O3S. The first-order chi connectivity index (χ1) is 10.7. The Morgan fingerprint density at radius 1 is 1.48 bits per heavy atom. The van der Waals surface area contributed by atoms with Gasteiger partial charge in [-0.05, 0) is 31.1 Å². The molecule has 0 amide bonds.